The summed E-state index contributed by atoms with van der Waals surface area (Å²) in [4.78, 5) is 35.0. The second-order valence-corrected chi connectivity index (χ2v) is 5.51. The van der Waals surface area contributed by atoms with Crippen LogP contribution in [0.5, 0.6) is 11.5 Å². The third kappa shape index (κ3) is 4.81. The van der Waals surface area contributed by atoms with E-state index in [1.54, 1.807) is 24.3 Å². The summed E-state index contributed by atoms with van der Waals surface area (Å²) < 4.78 is 15.4. The minimum atomic E-state index is -1.06. The van der Waals surface area contributed by atoms with Gasteiger partial charge in [-0.3, -0.25) is 14.9 Å². The van der Waals surface area contributed by atoms with Crippen LogP contribution in [0.2, 0.25) is 0 Å². The molecule has 2 aromatic rings. The minimum Gasteiger partial charge on any atom is -0.494 e. The molecule has 8 heteroatoms. The third-order valence-corrected chi connectivity index (χ3v) is 3.71. The van der Waals surface area contributed by atoms with Crippen LogP contribution in [0.25, 0.3) is 0 Å². The van der Waals surface area contributed by atoms with Gasteiger partial charge in [-0.25, -0.2) is 4.79 Å². The van der Waals surface area contributed by atoms with Crippen LogP contribution in [0.15, 0.2) is 42.5 Å². The normalized spacial score (nSPS) is 11.4. The average Bonchev–Trinajstić information content (AvgIpc) is 2.67. The molecule has 0 aliphatic heterocycles. The maximum absolute atomic E-state index is 12.4. The molecule has 1 atom stereocenters. The molecule has 142 valence electrons. The van der Waals surface area contributed by atoms with Gasteiger partial charge in [0.1, 0.15) is 5.75 Å². The molecule has 0 heterocycles. The first-order valence-electron chi connectivity index (χ1n) is 8.17. The summed E-state index contributed by atoms with van der Waals surface area (Å²) in [7, 11) is 1.29. The Balaban J connectivity index is 2.11. The molecule has 2 aromatic carbocycles. The molecular formula is C19H19NO7. The van der Waals surface area contributed by atoms with Crippen molar-refractivity contribution in [1.29, 1.82) is 0 Å². The van der Waals surface area contributed by atoms with Gasteiger partial charge in [0.05, 0.1) is 24.2 Å². The molecular weight excluding hydrogens is 354 g/mol. The van der Waals surface area contributed by atoms with Gasteiger partial charge < -0.3 is 14.2 Å². The highest BCUT2D eigenvalue weighted by molar-refractivity contribution is 6.01. The lowest BCUT2D eigenvalue weighted by Crippen LogP contribution is -2.24. The molecule has 0 amide bonds. The number of rotatable bonds is 8. The predicted molar refractivity (Wildman–Crippen MR) is 96.5 cm³/mol. The molecule has 0 aliphatic carbocycles. The fourth-order valence-electron chi connectivity index (χ4n) is 2.36. The molecule has 0 unspecified atom stereocenters. The van der Waals surface area contributed by atoms with E-state index in [-0.39, 0.29) is 17.0 Å². The number of nitrogens with zero attached hydrogens (tertiary/aromatic N) is 1. The Bertz CT molecular complexity index is 846. The number of ether oxygens (including phenoxy) is 3. The van der Waals surface area contributed by atoms with Crippen LogP contribution in [-0.4, -0.2) is 36.5 Å². The molecule has 8 nitrogen and oxygen atoms in total. The Morgan fingerprint density at radius 1 is 1.11 bits per heavy atom. The number of carbonyl (C=O) groups excluding carboxylic acids is 2. The van der Waals surface area contributed by atoms with E-state index in [9.17, 15) is 19.7 Å². The van der Waals surface area contributed by atoms with Gasteiger partial charge >= 0.3 is 11.7 Å². The van der Waals surface area contributed by atoms with Gasteiger partial charge in [0.15, 0.2) is 11.9 Å². The molecule has 0 saturated heterocycles. The van der Waals surface area contributed by atoms with Crippen molar-refractivity contribution < 1.29 is 28.7 Å². The second-order valence-electron chi connectivity index (χ2n) is 5.51. The van der Waals surface area contributed by atoms with E-state index in [4.69, 9.17) is 14.2 Å². The maximum atomic E-state index is 12.4. The van der Waals surface area contributed by atoms with Crippen molar-refractivity contribution in [2.24, 2.45) is 0 Å². The van der Waals surface area contributed by atoms with Crippen LogP contribution < -0.4 is 9.47 Å². The van der Waals surface area contributed by atoms with E-state index in [1.807, 2.05) is 6.92 Å². The number of nitro groups is 1. The van der Waals surface area contributed by atoms with Gasteiger partial charge in [-0.1, -0.05) is 0 Å². The molecule has 27 heavy (non-hydrogen) atoms. The maximum Gasteiger partial charge on any atom is 0.339 e. The molecule has 0 aromatic heterocycles. The number of ketones is 1. The van der Waals surface area contributed by atoms with Gasteiger partial charge in [-0.05, 0) is 50.2 Å². The van der Waals surface area contributed by atoms with Crippen LogP contribution in [0, 0.1) is 10.1 Å². The van der Waals surface area contributed by atoms with Crippen molar-refractivity contribution in [3.05, 3.63) is 63.7 Å². The van der Waals surface area contributed by atoms with Crippen LogP contribution in [0.3, 0.4) is 0 Å². The Morgan fingerprint density at radius 2 is 1.74 bits per heavy atom. The van der Waals surface area contributed by atoms with Crippen molar-refractivity contribution in [2.75, 3.05) is 13.7 Å². The topological polar surface area (TPSA) is 105 Å². The smallest absolute Gasteiger partial charge is 0.339 e. The predicted octanol–water partition coefficient (Wildman–Crippen LogP) is 3.43. The zero-order chi connectivity index (χ0) is 20.0. The van der Waals surface area contributed by atoms with Crippen molar-refractivity contribution in [3.8, 4) is 11.5 Å². The number of methoxy groups -OCH3 is 1. The van der Waals surface area contributed by atoms with Crippen LogP contribution in [0.1, 0.15) is 34.6 Å². The number of esters is 1. The number of carbonyl (C=O) groups is 2. The van der Waals surface area contributed by atoms with Crippen LogP contribution in [0.4, 0.5) is 5.69 Å². The summed E-state index contributed by atoms with van der Waals surface area (Å²) >= 11 is 0. The lowest BCUT2D eigenvalue weighted by atomic mass is 10.1. The number of benzene rings is 2. The standard InChI is InChI=1S/C19H19NO7/c1-4-26-15-8-5-13(6-9-15)18(21)12(2)27-19(22)14-7-10-17(25-3)16(11-14)20(23)24/h5-12H,4H2,1-3H3/t12-/m1/s1. The molecule has 0 radical (unpaired) electrons. The molecule has 0 bridgehead atoms. The summed E-state index contributed by atoms with van der Waals surface area (Å²) in [6.45, 7) is 3.80. The SMILES string of the molecule is CCOc1ccc(C(=O)[C@@H](C)OC(=O)c2ccc(OC)c([N+](=O)[O-])c2)cc1. The second kappa shape index (κ2) is 8.79. The Kier molecular flexibility index (Phi) is 6.48. The molecule has 0 N–H and O–H groups in total. The van der Waals surface area contributed by atoms with Gasteiger partial charge in [-0.2, -0.15) is 0 Å². The van der Waals surface area contributed by atoms with Crippen molar-refractivity contribution in [1.82, 2.24) is 0 Å². The monoisotopic (exact) mass is 373 g/mol. The zero-order valence-electron chi connectivity index (χ0n) is 15.1. The van der Waals surface area contributed by atoms with E-state index in [2.05, 4.69) is 0 Å². The highest BCUT2D eigenvalue weighted by Gasteiger charge is 2.23. The molecule has 2 rings (SSSR count). The Labute approximate surface area is 155 Å². The van der Waals surface area contributed by atoms with E-state index in [0.29, 0.717) is 17.9 Å². The molecule has 0 spiro atoms. The molecule has 0 aliphatic rings. The fraction of sp³-hybridized carbons (Fsp3) is 0.263. The number of Topliss-reactive ketones (excluding diaryl/α,β-unsaturated/α-hetero) is 1. The summed E-state index contributed by atoms with van der Waals surface area (Å²) in [5.41, 5.74) is -0.0502. The number of nitro benzene ring substituents is 1. The number of hydrogen-bond acceptors (Lipinski definition) is 7. The highest BCUT2D eigenvalue weighted by atomic mass is 16.6. The largest absolute Gasteiger partial charge is 0.494 e. The average molecular weight is 373 g/mol. The Morgan fingerprint density at radius 3 is 2.30 bits per heavy atom. The Hall–Kier alpha value is -3.42. The third-order valence-electron chi connectivity index (χ3n) is 3.71. The first kappa shape index (κ1) is 19.9. The summed E-state index contributed by atoms with van der Waals surface area (Å²) in [6.07, 6.45) is -1.06. The summed E-state index contributed by atoms with van der Waals surface area (Å²) in [6, 6.07) is 10.1. The molecule has 0 saturated carbocycles. The van der Waals surface area contributed by atoms with E-state index < -0.39 is 22.8 Å². The van der Waals surface area contributed by atoms with E-state index in [0.717, 1.165) is 6.07 Å². The minimum absolute atomic E-state index is 0.0232. The van der Waals surface area contributed by atoms with Crippen molar-refractivity contribution >= 4 is 17.4 Å². The summed E-state index contributed by atoms with van der Waals surface area (Å²) in [5.74, 6) is -0.582. The van der Waals surface area contributed by atoms with Gasteiger partial charge in [0, 0.05) is 11.6 Å². The zero-order valence-corrected chi connectivity index (χ0v) is 15.1. The first-order valence-corrected chi connectivity index (χ1v) is 8.17. The van der Waals surface area contributed by atoms with Gasteiger partial charge in [0.25, 0.3) is 0 Å². The van der Waals surface area contributed by atoms with Crippen molar-refractivity contribution in [2.45, 2.75) is 20.0 Å². The van der Waals surface area contributed by atoms with E-state index >= 15 is 0 Å². The van der Waals surface area contributed by atoms with Gasteiger partial charge in [-0.15, -0.1) is 0 Å². The lowest BCUT2D eigenvalue weighted by Gasteiger charge is -2.13. The van der Waals surface area contributed by atoms with E-state index in [1.165, 1.54) is 26.2 Å². The summed E-state index contributed by atoms with van der Waals surface area (Å²) in [5, 5.41) is 11.1. The highest BCUT2D eigenvalue weighted by Crippen LogP contribution is 2.28. The molecule has 0 fully saturated rings. The first-order chi connectivity index (χ1) is 12.9. The van der Waals surface area contributed by atoms with Crippen molar-refractivity contribution in [3.63, 3.8) is 0 Å². The lowest BCUT2D eigenvalue weighted by molar-refractivity contribution is -0.385. The van der Waals surface area contributed by atoms with Crippen LogP contribution in [-0.2, 0) is 4.74 Å². The fourth-order valence-corrected chi connectivity index (χ4v) is 2.36. The van der Waals surface area contributed by atoms with Crippen LogP contribution >= 0.6 is 0 Å². The van der Waals surface area contributed by atoms with Gasteiger partial charge in [0.2, 0.25) is 5.78 Å². The number of hydrogen-bond donors (Lipinski definition) is 0. The quantitative estimate of drug-likeness (QED) is 0.302.